The van der Waals surface area contributed by atoms with E-state index in [2.05, 4.69) is 19.1 Å². The molecule has 1 nitrogen and oxygen atoms in total. The van der Waals surface area contributed by atoms with Gasteiger partial charge in [-0.2, -0.15) is 0 Å². The fourth-order valence-electron chi connectivity index (χ4n) is 1.89. The van der Waals surface area contributed by atoms with Gasteiger partial charge in [0.15, 0.2) is 0 Å². The Bertz CT molecular complexity index is 356. The topological polar surface area (TPSA) is 17.1 Å². The summed E-state index contributed by atoms with van der Waals surface area (Å²) in [4.78, 5) is 10.0. The van der Waals surface area contributed by atoms with E-state index < -0.39 is 0 Å². The monoisotopic (exact) mass is 286 g/mol. The van der Waals surface area contributed by atoms with Gasteiger partial charge in [-0.1, -0.05) is 100 Å². The number of allylic oxidation sites excluding steroid dienone is 10. The van der Waals surface area contributed by atoms with Crippen molar-refractivity contribution < 1.29 is 4.79 Å². The molecule has 0 N–H and O–H groups in total. The van der Waals surface area contributed by atoms with Gasteiger partial charge in [-0.3, -0.25) is 4.79 Å². The molecule has 0 heterocycles. The van der Waals surface area contributed by atoms with Gasteiger partial charge in [-0.05, 0) is 18.9 Å². The molecule has 0 bridgehead atoms. The molecule has 0 amide bonds. The van der Waals surface area contributed by atoms with Crippen LogP contribution in [0.4, 0.5) is 0 Å². The molecule has 0 unspecified atom stereocenters. The fraction of sp³-hybridized carbons (Fsp3) is 0.450. The predicted molar refractivity (Wildman–Crippen MR) is 94.4 cm³/mol. The largest absolute Gasteiger partial charge is 0.299 e. The number of rotatable bonds is 13. The van der Waals surface area contributed by atoms with Crippen molar-refractivity contribution in [2.45, 2.75) is 58.3 Å². The summed E-state index contributed by atoms with van der Waals surface area (Å²) in [7, 11) is 0. The fourth-order valence-corrected chi connectivity index (χ4v) is 1.89. The molecular formula is C20H30O. The van der Waals surface area contributed by atoms with Gasteiger partial charge in [0.1, 0.15) is 6.29 Å². The Balaban J connectivity index is 3.44. The first-order valence-corrected chi connectivity index (χ1v) is 8.18. The summed E-state index contributed by atoms with van der Waals surface area (Å²) in [5, 5.41) is 0. The van der Waals surface area contributed by atoms with E-state index in [0.29, 0.717) is 0 Å². The summed E-state index contributed by atoms with van der Waals surface area (Å²) in [6.45, 7) is 2.26. The van der Waals surface area contributed by atoms with E-state index in [9.17, 15) is 4.79 Å². The van der Waals surface area contributed by atoms with Crippen LogP contribution < -0.4 is 0 Å². The number of aldehydes is 1. The van der Waals surface area contributed by atoms with Gasteiger partial charge >= 0.3 is 0 Å². The molecule has 0 aromatic carbocycles. The molecule has 1 heteroatoms. The number of carbonyl (C=O) groups is 1. The first kappa shape index (κ1) is 19.4. The maximum Gasteiger partial charge on any atom is 0.142 e. The average molecular weight is 286 g/mol. The Hall–Kier alpha value is -1.63. The van der Waals surface area contributed by atoms with Crippen LogP contribution in [0.5, 0.6) is 0 Å². The highest BCUT2D eigenvalue weighted by Crippen LogP contribution is 2.08. The summed E-state index contributed by atoms with van der Waals surface area (Å²) in [6.07, 6.45) is 30.7. The number of carbonyl (C=O) groups excluding carboxylic acids is 1. The molecule has 0 aliphatic heterocycles. The molecule has 116 valence electrons. The van der Waals surface area contributed by atoms with Crippen molar-refractivity contribution in [2.24, 2.45) is 0 Å². The van der Waals surface area contributed by atoms with Crippen LogP contribution in [-0.4, -0.2) is 6.29 Å². The van der Waals surface area contributed by atoms with Crippen LogP contribution in [-0.2, 0) is 4.79 Å². The molecule has 0 aromatic heterocycles. The lowest BCUT2D eigenvalue weighted by atomic mass is 10.1. The second-order valence-electron chi connectivity index (χ2n) is 5.01. The summed E-state index contributed by atoms with van der Waals surface area (Å²) >= 11 is 0. The van der Waals surface area contributed by atoms with Crippen molar-refractivity contribution in [1.29, 1.82) is 0 Å². The van der Waals surface area contributed by atoms with E-state index in [1.165, 1.54) is 57.4 Å². The molecule has 0 spiro atoms. The SMILES string of the molecule is CCCCCCCCC\C=C/C=C\C=C/C=C\C=C/C=O. The van der Waals surface area contributed by atoms with Crippen LogP contribution in [0.15, 0.2) is 60.8 Å². The van der Waals surface area contributed by atoms with Crippen LogP contribution in [0.25, 0.3) is 0 Å². The molecule has 0 radical (unpaired) electrons. The third-order valence-electron chi connectivity index (χ3n) is 3.08. The number of unbranched alkanes of at least 4 members (excludes halogenated alkanes) is 7. The maximum absolute atomic E-state index is 10.0. The normalized spacial score (nSPS) is 12.8. The highest BCUT2D eigenvalue weighted by Gasteiger charge is 1.88. The van der Waals surface area contributed by atoms with Crippen molar-refractivity contribution >= 4 is 6.29 Å². The van der Waals surface area contributed by atoms with Gasteiger partial charge < -0.3 is 0 Å². The Morgan fingerprint density at radius 2 is 1.05 bits per heavy atom. The molecule has 0 saturated carbocycles. The standard InChI is InChI=1S/C20H30O/c1-2-3-4-5-6-7-8-9-10-11-12-13-14-15-16-17-18-19-20-21/h10-20H,2-9H2,1H3/b11-10-,13-12-,15-14-,17-16-,19-18-. The van der Waals surface area contributed by atoms with Gasteiger partial charge in [-0.15, -0.1) is 0 Å². The lowest BCUT2D eigenvalue weighted by molar-refractivity contribution is -0.104. The summed E-state index contributed by atoms with van der Waals surface area (Å²) < 4.78 is 0. The molecule has 0 aliphatic rings. The van der Waals surface area contributed by atoms with E-state index in [1.54, 1.807) is 6.08 Å². The smallest absolute Gasteiger partial charge is 0.142 e. The number of hydrogen-bond donors (Lipinski definition) is 0. The highest BCUT2D eigenvalue weighted by molar-refractivity contribution is 5.65. The van der Waals surface area contributed by atoms with Gasteiger partial charge in [0.25, 0.3) is 0 Å². The van der Waals surface area contributed by atoms with E-state index >= 15 is 0 Å². The molecule has 0 atom stereocenters. The Kier molecular flexibility index (Phi) is 16.9. The van der Waals surface area contributed by atoms with E-state index in [4.69, 9.17) is 0 Å². The summed E-state index contributed by atoms with van der Waals surface area (Å²) in [5.74, 6) is 0. The average Bonchev–Trinajstić information content (AvgIpc) is 2.50. The molecule has 0 aliphatic carbocycles. The van der Waals surface area contributed by atoms with Crippen LogP contribution >= 0.6 is 0 Å². The zero-order valence-corrected chi connectivity index (χ0v) is 13.4. The van der Waals surface area contributed by atoms with E-state index in [-0.39, 0.29) is 0 Å². The van der Waals surface area contributed by atoms with Gasteiger partial charge in [0, 0.05) is 0 Å². The molecule has 0 saturated heterocycles. The third-order valence-corrected chi connectivity index (χ3v) is 3.08. The Morgan fingerprint density at radius 1 is 0.571 bits per heavy atom. The summed E-state index contributed by atoms with van der Waals surface area (Å²) in [5.41, 5.74) is 0. The third kappa shape index (κ3) is 18.4. The van der Waals surface area contributed by atoms with Gasteiger partial charge in [-0.25, -0.2) is 0 Å². The van der Waals surface area contributed by atoms with Crippen LogP contribution in [0.3, 0.4) is 0 Å². The van der Waals surface area contributed by atoms with Crippen LogP contribution in [0.2, 0.25) is 0 Å². The van der Waals surface area contributed by atoms with Gasteiger partial charge in [0.05, 0.1) is 0 Å². The Labute approximate surface area is 130 Å². The minimum Gasteiger partial charge on any atom is -0.299 e. The quantitative estimate of drug-likeness (QED) is 0.173. The first-order chi connectivity index (χ1) is 10.4. The van der Waals surface area contributed by atoms with E-state index in [1.807, 2.05) is 36.5 Å². The second kappa shape index (κ2) is 18.4. The highest BCUT2D eigenvalue weighted by atomic mass is 16.1. The van der Waals surface area contributed by atoms with E-state index in [0.717, 1.165) is 6.29 Å². The molecule has 0 fully saturated rings. The first-order valence-electron chi connectivity index (χ1n) is 8.18. The molecule has 21 heavy (non-hydrogen) atoms. The van der Waals surface area contributed by atoms with Gasteiger partial charge in [0.2, 0.25) is 0 Å². The lowest BCUT2D eigenvalue weighted by Crippen LogP contribution is -1.78. The zero-order valence-electron chi connectivity index (χ0n) is 13.4. The summed E-state index contributed by atoms with van der Waals surface area (Å²) in [6, 6.07) is 0. The molecular weight excluding hydrogens is 256 g/mol. The van der Waals surface area contributed by atoms with Crippen LogP contribution in [0.1, 0.15) is 58.3 Å². The van der Waals surface area contributed by atoms with Crippen molar-refractivity contribution in [1.82, 2.24) is 0 Å². The van der Waals surface area contributed by atoms with Crippen molar-refractivity contribution in [3.05, 3.63) is 60.8 Å². The predicted octanol–water partition coefficient (Wildman–Crippen LogP) is 6.11. The zero-order chi connectivity index (χ0) is 15.4. The molecule has 0 aromatic rings. The maximum atomic E-state index is 10.0. The minimum absolute atomic E-state index is 0.768. The lowest BCUT2D eigenvalue weighted by Gasteiger charge is -1.98. The van der Waals surface area contributed by atoms with Crippen molar-refractivity contribution in [2.75, 3.05) is 0 Å². The van der Waals surface area contributed by atoms with Crippen molar-refractivity contribution in [3.8, 4) is 0 Å². The molecule has 0 rings (SSSR count). The number of hydrogen-bond acceptors (Lipinski definition) is 1. The second-order valence-corrected chi connectivity index (χ2v) is 5.01. The Morgan fingerprint density at radius 3 is 1.62 bits per heavy atom. The minimum atomic E-state index is 0.768. The van der Waals surface area contributed by atoms with Crippen molar-refractivity contribution in [3.63, 3.8) is 0 Å². The van der Waals surface area contributed by atoms with Crippen LogP contribution in [0, 0.1) is 0 Å².